The van der Waals surface area contributed by atoms with Crippen molar-refractivity contribution in [1.82, 2.24) is 10.6 Å². The highest BCUT2D eigenvalue weighted by Crippen LogP contribution is 2.57. The molecule has 0 spiro atoms. The Morgan fingerprint density at radius 2 is 1.68 bits per heavy atom. The van der Waals surface area contributed by atoms with Gasteiger partial charge in [0.05, 0.1) is 5.54 Å². The molecule has 5 saturated carbocycles. The van der Waals surface area contributed by atoms with Gasteiger partial charge in [-0.2, -0.15) is 0 Å². The van der Waals surface area contributed by atoms with Crippen molar-refractivity contribution >= 4 is 33.9 Å². The number of aliphatic imine (C=N–C) groups is 2. The van der Waals surface area contributed by atoms with Crippen molar-refractivity contribution in [2.24, 2.45) is 27.7 Å². The Hall–Kier alpha value is -0.620. The zero-order valence-electron chi connectivity index (χ0n) is 22.0. The topological polar surface area (TPSA) is 48.8 Å². The Labute approximate surface area is 217 Å². The summed E-state index contributed by atoms with van der Waals surface area (Å²) in [7, 11) is 0. The molecule has 4 bridgehead atoms. The summed E-state index contributed by atoms with van der Waals surface area (Å²) in [5, 5.41) is 9.79. The molecular formula is C28H48N4S2. The minimum atomic E-state index is 0.172. The fourth-order valence-electron chi connectivity index (χ4n) is 7.58. The summed E-state index contributed by atoms with van der Waals surface area (Å²) in [6.45, 7) is 8.51. The molecule has 5 aliphatic rings. The molecule has 2 N–H and O–H groups in total. The molecule has 4 nitrogen and oxygen atoms in total. The van der Waals surface area contributed by atoms with Gasteiger partial charge in [-0.3, -0.25) is 9.98 Å². The van der Waals surface area contributed by atoms with Crippen LogP contribution in [0.4, 0.5) is 0 Å². The number of nitrogens with one attached hydrogen (secondary N) is 2. The maximum atomic E-state index is 5.36. The van der Waals surface area contributed by atoms with E-state index in [9.17, 15) is 0 Å². The molecule has 6 heteroatoms. The van der Waals surface area contributed by atoms with Crippen LogP contribution in [-0.2, 0) is 0 Å². The largest absolute Gasteiger partial charge is 0.365 e. The van der Waals surface area contributed by atoms with Crippen molar-refractivity contribution in [3.05, 3.63) is 12.2 Å². The SMILES string of the molecule is C=C1CCCC(CC)(NC(=NCCCCCNC(=NC23CC4CC(CC(C4)C2)C3)SC)SC)C1. The normalized spacial score (nSPS) is 35.6. The van der Waals surface area contributed by atoms with E-state index in [-0.39, 0.29) is 11.1 Å². The van der Waals surface area contributed by atoms with Gasteiger partial charge in [0.2, 0.25) is 0 Å². The summed E-state index contributed by atoms with van der Waals surface area (Å²) >= 11 is 3.57. The van der Waals surface area contributed by atoms with Gasteiger partial charge in [0.25, 0.3) is 0 Å². The van der Waals surface area contributed by atoms with Crippen molar-refractivity contribution < 1.29 is 0 Å². The minimum Gasteiger partial charge on any atom is -0.365 e. The number of rotatable bonds is 9. The van der Waals surface area contributed by atoms with Crippen LogP contribution in [0, 0.1) is 17.8 Å². The first-order valence-electron chi connectivity index (χ1n) is 13.9. The molecule has 0 saturated heterocycles. The van der Waals surface area contributed by atoms with Crippen LogP contribution in [-0.4, -0.2) is 47.0 Å². The lowest BCUT2D eigenvalue weighted by atomic mass is 9.53. The van der Waals surface area contributed by atoms with E-state index in [4.69, 9.17) is 9.98 Å². The van der Waals surface area contributed by atoms with Gasteiger partial charge in [-0.15, -0.1) is 0 Å². The molecule has 5 fully saturated rings. The maximum absolute atomic E-state index is 5.36. The molecule has 192 valence electrons. The molecule has 34 heavy (non-hydrogen) atoms. The van der Waals surface area contributed by atoms with Crippen LogP contribution in [0.15, 0.2) is 22.1 Å². The van der Waals surface area contributed by atoms with Crippen molar-refractivity contribution in [2.45, 2.75) is 108 Å². The standard InChI is InChI=1S/C28H48N4S2/c1-5-27(11-9-10-21(2)17-27)31-25(33-3)29-12-7-6-8-13-30-26(34-4)32-28-18-22-14-23(19-28)16-24(15-22)20-28/h22-24H,2,5-20H2,1,3-4H3,(H,29,31)(H,30,32). The van der Waals surface area contributed by atoms with Gasteiger partial charge in [0.1, 0.15) is 0 Å². The van der Waals surface area contributed by atoms with E-state index in [1.54, 1.807) is 11.8 Å². The first-order valence-corrected chi connectivity index (χ1v) is 16.3. The molecule has 0 aromatic heterocycles. The lowest BCUT2D eigenvalue weighted by Gasteiger charge is -2.55. The second-order valence-electron chi connectivity index (χ2n) is 11.7. The van der Waals surface area contributed by atoms with Crippen molar-refractivity contribution in [2.75, 3.05) is 25.6 Å². The number of amidine groups is 2. The monoisotopic (exact) mass is 504 g/mol. The van der Waals surface area contributed by atoms with Crippen LogP contribution in [0.25, 0.3) is 0 Å². The quantitative estimate of drug-likeness (QED) is 0.153. The zero-order chi connectivity index (χ0) is 24.0. The molecule has 1 unspecified atom stereocenters. The van der Waals surface area contributed by atoms with E-state index >= 15 is 0 Å². The van der Waals surface area contributed by atoms with E-state index in [0.717, 1.165) is 55.3 Å². The highest BCUT2D eigenvalue weighted by Gasteiger charge is 2.51. The van der Waals surface area contributed by atoms with Gasteiger partial charge in [-0.25, -0.2) is 0 Å². The summed E-state index contributed by atoms with van der Waals surface area (Å²) < 4.78 is 0. The number of unbranched alkanes of at least 4 members (excludes halogenated alkanes) is 2. The third kappa shape index (κ3) is 6.78. The fourth-order valence-corrected chi connectivity index (χ4v) is 8.65. The highest BCUT2D eigenvalue weighted by molar-refractivity contribution is 8.13. The van der Waals surface area contributed by atoms with Crippen LogP contribution < -0.4 is 10.6 Å². The van der Waals surface area contributed by atoms with E-state index < -0.39 is 0 Å². The zero-order valence-corrected chi connectivity index (χ0v) is 23.6. The Balaban J connectivity index is 1.17. The third-order valence-corrected chi connectivity index (χ3v) is 10.2. The Morgan fingerprint density at radius 1 is 1.00 bits per heavy atom. The molecule has 1 atom stereocenters. The molecule has 0 aromatic rings. The molecule has 0 heterocycles. The average Bonchev–Trinajstić information content (AvgIpc) is 2.81. The Kier molecular flexibility index (Phi) is 9.39. The van der Waals surface area contributed by atoms with E-state index in [2.05, 4.69) is 36.6 Å². The fraction of sp³-hybridized carbons (Fsp3) is 0.857. The first-order chi connectivity index (χ1) is 16.5. The molecule has 0 aromatic carbocycles. The first kappa shape index (κ1) is 26.4. The number of nitrogens with zero attached hydrogens (tertiary/aromatic N) is 2. The molecule has 0 amide bonds. The van der Waals surface area contributed by atoms with Crippen molar-refractivity contribution in [3.63, 3.8) is 0 Å². The number of hydrogen-bond acceptors (Lipinski definition) is 4. The summed E-state index contributed by atoms with van der Waals surface area (Å²) in [6, 6.07) is 0. The van der Waals surface area contributed by atoms with Crippen LogP contribution in [0.2, 0.25) is 0 Å². The van der Waals surface area contributed by atoms with Gasteiger partial charge < -0.3 is 10.6 Å². The van der Waals surface area contributed by atoms with Gasteiger partial charge >= 0.3 is 0 Å². The van der Waals surface area contributed by atoms with Crippen LogP contribution in [0.1, 0.15) is 96.8 Å². The lowest BCUT2D eigenvalue weighted by Crippen LogP contribution is -2.50. The summed E-state index contributed by atoms with van der Waals surface area (Å²) in [5.41, 5.74) is 1.84. The summed E-state index contributed by atoms with van der Waals surface area (Å²) in [6.07, 6.45) is 22.3. The summed E-state index contributed by atoms with van der Waals surface area (Å²) in [5.74, 6) is 2.88. The van der Waals surface area contributed by atoms with Crippen LogP contribution in [0.3, 0.4) is 0 Å². The molecule has 0 radical (unpaired) electrons. The van der Waals surface area contributed by atoms with E-state index in [1.807, 2.05) is 11.8 Å². The highest BCUT2D eigenvalue weighted by atomic mass is 32.2. The smallest absolute Gasteiger partial charge is 0.156 e. The molecule has 0 aliphatic heterocycles. The second-order valence-corrected chi connectivity index (χ2v) is 13.3. The van der Waals surface area contributed by atoms with Crippen molar-refractivity contribution in [1.29, 1.82) is 0 Å². The van der Waals surface area contributed by atoms with Gasteiger partial charge in [-0.1, -0.05) is 42.6 Å². The molecular weight excluding hydrogens is 456 g/mol. The van der Waals surface area contributed by atoms with E-state index in [1.165, 1.54) is 81.4 Å². The lowest BCUT2D eigenvalue weighted by molar-refractivity contribution is 0.00170. The average molecular weight is 505 g/mol. The minimum absolute atomic E-state index is 0.172. The molecule has 5 aliphatic carbocycles. The van der Waals surface area contributed by atoms with Gasteiger partial charge in [0.15, 0.2) is 10.3 Å². The van der Waals surface area contributed by atoms with E-state index in [0.29, 0.717) is 0 Å². The predicted octanol–water partition coefficient (Wildman–Crippen LogP) is 7.02. The van der Waals surface area contributed by atoms with Gasteiger partial charge in [0, 0.05) is 18.6 Å². The number of hydrogen-bond donors (Lipinski definition) is 2. The number of thioether (sulfide) groups is 2. The maximum Gasteiger partial charge on any atom is 0.156 e. The third-order valence-electron chi connectivity index (χ3n) is 8.92. The van der Waals surface area contributed by atoms with Gasteiger partial charge in [-0.05, 0) is 120 Å². The van der Waals surface area contributed by atoms with Crippen LogP contribution in [0.5, 0.6) is 0 Å². The predicted molar refractivity (Wildman–Crippen MR) is 153 cm³/mol. The van der Waals surface area contributed by atoms with Crippen LogP contribution >= 0.6 is 23.5 Å². The Morgan fingerprint density at radius 3 is 2.26 bits per heavy atom. The second kappa shape index (κ2) is 12.1. The molecule has 5 rings (SSSR count). The Bertz CT molecular complexity index is 726. The van der Waals surface area contributed by atoms with Crippen molar-refractivity contribution in [3.8, 4) is 0 Å². The summed E-state index contributed by atoms with van der Waals surface area (Å²) in [4.78, 5) is 10.3.